The van der Waals surface area contributed by atoms with E-state index >= 15 is 0 Å². The molecule has 0 amide bonds. The summed E-state index contributed by atoms with van der Waals surface area (Å²) in [5, 5.41) is 0. The number of nitrogens with two attached hydrogens (primary N) is 1. The number of ether oxygens (including phenoxy) is 1. The minimum Gasteiger partial charge on any atom is -0.451 e. The van der Waals surface area contributed by atoms with Gasteiger partial charge in [0.1, 0.15) is 0 Å². The van der Waals surface area contributed by atoms with Gasteiger partial charge in [0.2, 0.25) is 0 Å². The van der Waals surface area contributed by atoms with Crippen molar-refractivity contribution in [3.63, 3.8) is 0 Å². The van der Waals surface area contributed by atoms with Crippen molar-refractivity contribution < 1.29 is 18.8 Å². The topological polar surface area (TPSA) is 78.6 Å². The molecule has 0 bridgehead atoms. The number of carbonyl (C=O) groups excluding carboxylic acids is 2. The lowest BCUT2D eigenvalue weighted by Gasteiger charge is -2.11. The molecule has 76 valence electrons. The molecule has 0 saturated heterocycles. The summed E-state index contributed by atoms with van der Waals surface area (Å²) in [6.45, 7) is 3.12. The van der Waals surface area contributed by atoms with Gasteiger partial charge in [-0.15, -0.1) is 0 Å². The molecule has 6 heteroatoms. The van der Waals surface area contributed by atoms with E-state index < -0.39 is 18.0 Å². The van der Waals surface area contributed by atoms with E-state index in [1.54, 1.807) is 16.4 Å². The first kappa shape index (κ1) is 12.3. The van der Waals surface area contributed by atoms with Gasteiger partial charge in [-0.3, -0.25) is 4.79 Å². The van der Waals surface area contributed by atoms with Crippen LogP contribution < -0.4 is 5.73 Å². The Labute approximate surface area is 79.2 Å². The van der Waals surface area contributed by atoms with Crippen molar-refractivity contribution in [1.29, 1.82) is 0 Å². The molecule has 0 spiro atoms. The molecule has 13 heavy (non-hydrogen) atoms. The Bertz CT molecular complexity index is 195. The second-order valence-electron chi connectivity index (χ2n) is 2.75. The highest BCUT2D eigenvalue weighted by atomic mass is 31.0. The highest BCUT2D eigenvalue weighted by Crippen LogP contribution is 2.01. The predicted molar refractivity (Wildman–Crippen MR) is 49.6 cm³/mol. The fourth-order valence-corrected chi connectivity index (χ4v) is 0.844. The lowest BCUT2D eigenvalue weighted by molar-refractivity contribution is -0.160. The molecule has 0 heterocycles. The molecular weight excluding hydrogens is 193 g/mol. The van der Waals surface area contributed by atoms with Gasteiger partial charge >= 0.3 is 11.9 Å². The summed E-state index contributed by atoms with van der Waals surface area (Å²) in [7, 11) is 1.79. The number of rotatable bonds is 4. The van der Waals surface area contributed by atoms with E-state index in [4.69, 9.17) is 10.5 Å². The van der Waals surface area contributed by atoms with Crippen LogP contribution in [-0.4, -0.2) is 24.1 Å². The summed E-state index contributed by atoms with van der Waals surface area (Å²) in [6, 6.07) is -0.272. The summed E-state index contributed by atoms with van der Waals surface area (Å²) < 4.78 is 8.99. The summed E-state index contributed by atoms with van der Waals surface area (Å²) >= 11 is 0. The minimum absolute atomic E-state index is 0.0917. The Balaban J connectivity index is 3.85. The van der Waals surface area contributed by atoms with Crippen LogP contribution in [0.4, 0.5) is 0 Å². The monoisotopic (exact) mass is 207 g/mol. The van der Waals surface area contributed by atoms with Gasteiger partial charge in [0.25, 0.3) is 0 Å². The van der Waals surface area contributed by atoms with E-state index in [0.29, 0.717) is 0 Å². The highest BCUT2D eigenvalue weighted by Gasteiger charge is 2.18. The molecule has 0 saturated carbocycles. The molecular formula is C7H14NO4P. The first-order valence-corrected chi connectivity index (χ1v) is 4.30. The lowest BCUT2D eigenvalue weighted by Crippen LogP contribution is -2.28. The van der Waals surface area contributed by atoms with E-state index in [1.807, 2.05) is 0 Å². The van der Waals surface area contributed by atoms with Gasteiger partial charge in [0, 0.05) is 6.04 Å². The number of esters is 1. The molecule has 0 fully saturated rings. The maximum absolute atomic E-state index is 11.0. The lowest BCUT2D eigenvalue weighted by atomic mass is 10.2. The molecule has 2 N–H and O–H groups in total. The minimum atomic E-state index is -0.885. The van der Waals surface area contributed by atoms with Crippen molar-refractivity contribution in [2.75, 3.05) is 0 Å². The molecule has 3 atom stereocenters. The van der Waals surface area contributed by atoms with Crippen molar-refractivity contribution in [2.45, 2.75) is 32.4 Å². The van der Waals surface area contributed by atoms with Gasteiger partial charge in [-0.1, -0.05) is 0 Å². The number of hydrogen-bond donors (Lipinski definition) is 1. The van der Waals surface area contributed by atoms with Crippen molar-refractivity contribution in [3.8, 4) is 0 Å². The third-order valence-corrected chi connectivity index (χ3v) is 1.48. The number of hydrogen-bond acceptors (Lipinski definition) is 5. The maximum Gasteiger partial charge on any atom is 0.349 e. The zero-order valence-electron chi connectivity index (χ0n) is 7.65. The number of carbonyl (C=O) groups is 2. The molecule has 1 unspecified atom stereocenters. The summed E-state index contributed by atoms with van der Waals surface area (Å²) in [5.74, 6) is -1.11. The normalized spacial score (nSPS) is 14.5. The van der Waals surface area contributed by atoms with Gasteiger partial charge < -0.3 is 15.0 Å². The van der Waals surface area contributed by atoms with Crippen LogP contribution in [0.5, 0.6) is 0 Å². The second-order valence-corrected chi connectivity index (χ2v) is 2.99. The van der Waals surface area contributed by atoms with E-state index in [0.717, 1.165) is 0 Å². The van der Waals surface area contributed by atoms with Gasteiger partial charge in [-0.05, 0) is 13.8 Å². The Morgan fingerprint density at radius 3 is 2.38 bits per heavy atom. The third-order valence-electron chi connectivity index (χ3n) is 1.24. The smallest absolute Gasteiger partial charge is 0.349 e. The summed E-state index contributed by atoms with van der Waals surface area (Å²) in [4.78, 5) is 21.7. The van der Waals surface area contributed by atoms with Crippen molar-refractivity contribution in [3.05, 3.63) is 0 Å². The largest absolute Gasteiger partial charge is 0.451 e. The first-order valence-electron chi connectivity index (χ1n) is 3.83. The standard InChI is InChI=1S/C7H14NO4P/c1-4(8)3-6(9)11-5(2)7(10)12-13/h4-5H,3,8,13H2,1-2H3/t4-,5+/m1/s1. The Morgan fingerprint density at radius 1 is 1.46 bits per heavy atom. The molecule has 0 aliphatic carbocycles. The average Bonchev–Trinajstić information content (AvgIpc) is 2.01. The van der Waals surface area contributed by atoms with Gasteiger partial charge in [0.05, 0.1) is 15.9 Å². The quantitative estimate of drug-likeness (QED) is 0.518. The van der Waals surface area contributed by atoms with Crippen molar-refractivity contribution >= 4 is 21.4 Å². The molecule has 0 aromatic carbocycles. The molecule has 0 rings (SSSR count). The van der Waals surface area contributed by atoms with Crippen molar-refractivity contribution in [2.24, 2.45) is 5.73 Å². The molecule has 0 aromatic rings. The van der Waals surface area contributed by atoms with Gasteiger partial charge in [0.15, 0.2) is 6.10 Å². The van der Waals surface area contributed by atoms with Gasteiger partial charge in [-0.25, -0.2) is 4.79 Å². The summed E-state index contributed by atoms with van der Waals surface area (Å²) in [5.41, 5.74) is 5.36. The molecule has 0 aliphatic rings. The zero-order chi connectivity index (χ0) is 10.4. The van der Waals surface area contributed by atoms with Crippen LogP contribution in [-0.2, 0) is 18.8 Å². The van der Waals surface area contributed by atoms with Crippen LogP contribution in [0.15, 0.2) is 0 Å². The predicted octanol–water partition coefficient (Wildman–Crippen LogP) is -0.0113. The molecule has 5 nitrogen and oxygen atoms in total. The highest BCUT2D eigenvalue weighted by molar-refractivity contribution is 7.10. The van der Waals surface area contributed by atoms with Crippen LogP contribution >= 0.6 is 9.47 Å². The van der Waals surface area contributed by atoms with Crippen LogP contribution in [0.2, 0.25) is 0 Å². The fourth-order valence-electron chi connectivity index (χ4n) is 0.652. The van der Waals surface area contributed by atoms with Crippen LogP contribution in [0.25, 0.3) is 0 Å². The first-order chi connectivity index (χ1) is 5.97. The third kappa shape index (κ3) is 5.55. The Morgan fingerprint density at radius 2 is 2.00 bits per heavy atom. The average molecular weight is 207 g/mol. The summed E-state index contributed by atoms with van der Waals surface area (Å²) in [6.07, 6.45) is -0.794. The maximum atomic E-state index is 11.0. The van der Waals surface area contributed by atoms with E-state index in [2.05, 4.69) is 4.52 Å². The van der Waals surface area contributed by atoms with Crippen molar-refractivity contribution in [1.82, 2.24) is 0 Å². The SMILES string of the molecule is C[C@H](OC(=O)C[C@@H](C)N)C(=O)OP. The Kier molecular flexibility index (Phi) is 5.58. The second kappa shape index (κ2) is 5.89. The molecule has 0 radical (unpaired) electrons. The van der Waals surface area contributed by atoms with Gasteiger partial charge in [-0.2, -0.15) is 0 Å². The van der Waals surface area contributed by atoms with Crippen LogP contribution in [0.3, 0.4) is 0 Å². The van der Waals surface area contributed by atoms with E-state index in [-0.39, 0.29) is 12.5 Å². The zero-order valence-corrected chi connectivity index (χ0v) is 8.80. The fraction of sp³-hybridized carbons (Fsp3) is 0.714. The van der Waals surface area contributed by atoms with E-state index in [1.165, 1.54) is 6.92 Å². The van der Waals surface area contributed by atoms with Crippen LogP contribution in [0.1, 0.15) is 20.3 Å². The molecule has 0 aliphatic heterocycles. The molecule has 0 aromatic heterocycles. The van der Waals surface area contributed by atoms with E-state index in [9.17, 15) is 9.59 Å². The Hall–Kier alpha value is -0.670. The van der Waals surface area contributed by atoms with Crippen LogP contribution in [0, 0.1) is 0 Å².